The average molecular weight is 329 g/mol. The molecule has 21 heavy (non-hydrogen) atoms. The van der Waals surface area contributed by atoms with Crippen LogP contribution in [-0.4, -0.2) is 20.7 Å². The van der Waals surface area contributed by atoms with E-state index in [9.17, 15) is 9.18 Å². The Morgan fingerprint density at radius 3 is 2.90 bits per heavy atom. The maximum Gasteiger partial charge on any atom is 0.217 e. The van der Waals surface area contributed by atoms with Crippen LogP contribution in [0.3, 0.4) is 0 Å². The molecule has 2 aromatic rings. The Hall–Kier alpha value is -1.60. The van der Waals surface area contributed by atoms with Gasteiger partial charge >= 0.3 is 0 Å². The first kappa shape index (κ1) is 15.8. The van der Waals surface area contributed by atoms with E-state index in [2.05, 4.69) is 10.2 Å². The molecule has 2 N–H and O–H groups in total. The molecule has 8 heteroatoms. The standard InChI is InChI=1S/C13H14ClFN4OS/c1-19-12(6-5-11(16)20)17-18-13(19)21-7-8-9(14)3-2-4-10(8)15/h2-4H,5-7H2,1H3,(H2,16,20). The van der Waals surface area contributed by atoms with Crippen LogP contribution in [0.2, 0.25) is 5.02 Å². The number of thioether (sulfide) groups is 1. The molecule has 1 amide bonds. The molecule has 0 atom stereocenters. The highest BCUT2D eigenvalue weighted by atomic mass is 35.5. The molecule has 0 unspecified atom stereocenters. The summed E-state index contributed by atoms with van der Waals surface area (Å²) >= 11 is 7.31. The second kappa shape index (κ2) is 6.91. The van der Waals surface area contributed by atoms with Gasteiger partial charge in [-0.1, -0.05) is 29.4 Å². The van der Waals surface area contributed by atoms with Crippen molar-refractivity contribution in [1.29, 1.82) is 0 Å². The molecule has 0 aliphatic carbocycles. The summed E-state index contributed by atoms with van der Waals surface area (Å²) < 4.78 is 15.4. The first-order valence-electron chi connectivity index (χ1n) is 6.21. The van der Waals surface area contributed by atoms with Gasteiger partial charge in [-0.05, 0) is 12.1 Å². The number of hydrogen-bond donors (Lipinski definition) is 1. The smallest absolute Gasteiger partial charge is 0.217 e. The van der Waals surface area contributed by atoms with Gasteiger partial charge in [0.2, 0.25) is 5.91 Å². The van der Waals surface area contributed by atoms with Gasteiger partial charge in [0.15, 0.2) is 5.16 Å². The Balaban J connectivity index is 2.05. The zero-order valence-corrected chi connectivity index (χ0v) is 12.9. The van der Waals surface area contributed by atoms with Gasteiger partial charge < -0.3 is 10.3 Å². The average Bonchev–Trinajstić information content (AvgIpc) is 2.77. The number of primary amides is 1. The maximum atomic E-state index is 13.7. The monoisotopic (exact) mass is 328 g/mol. The minimum Gasteiger partial charge on any atom is -0.370 e. The lowest BCUT2D eigenvalue weighted by atomic mass is 10.2. The molecule has 112 valence electrons. The van der Waals surface area contributed by atoms with E-state index in [0.29, 0.717) is 33.7 Å². The molecule has 0 saturated heterocycles. The van der Waals surface area contributed by atoms with E-state index >= 15 is 0 Å². The Bertz CT molecular complexity index is 641. The summed E-state index contributed by atoms with van der Waals surface area (Å²) in [6, 6.07) is 4.59. The Morgan fingerprint density at radius 1 is 1.48 bits per heavy atom. The van der Waals surface area contributed by atoms with Gasteiger partial charge in [0, 0.05) is 36.2 Å². The highest BCUT2D eigenvalue weighted by molar-refractivity contribution is 7.98. The molecule has 5 nitrogen and oxygen atoms in total. The fourth-order valence-electron chi connectivity index (χ4n) is 1.73. The molecule has 1 aromatic carbocycles. The molecule has 0 bridgehead atoms. The summed E-state index contributed by atoms with van der Waals surface area (Å²) in [5, 5.41) is 9.05. The highest BCUT2D eigenvalue weighted by Crippen LogP contribution is 2.27. The maximum absolute atomic E-state index is 13.7. The zero-order chi connectivity index (χ0) is 15.4. The van der Waals surface area contributed by atoms with Gasteiger partial charge in [0.25, 0.3) is 0 Å². The number of hydrogen-bond acceptors (Lipinski definition) is 4. The van der Waals surface area contributed by atoms with Gasteiger partial charge in [0.1, 0.15) is 11.6 Å². The van der Waals surface area contributed by atoms with E-state index in [0.717, 1.165) is 0 Å². The lowest BCUT2D eigenvalue weighted by Gasteiger charge is -2.06. The summed E-state index contributed by atoms with van der Waals surface area (Å²) in [5.41, 5.74) is 5.54. The van der Waals surface area contributed by atoms with Crippen LogP contribution < -0.4 is 5.73 Å². The van der Waals surface area contributed by atoms with Crippen molar-refractivity contribution in [3.05, 3.63) is 40.4 Å². The topological polar surface area (TPSA) is 73.8 Å². The van der Waals surface area contributed by atoms with E-state index in [-0.39, 0.29) is 18.1 Å². The van der Waals surface area contributed by atoms with Crippen molar-refractivity contribution in [2.24, 2.45) is 12.8 Å². The van der Waals surface area contributed by atoms with Crippen molar-refractivity contribution < 1.29 is 9.18 Å². The van der Waals surface area contributed by atoms with Gasteiger partial charge in [-0.3, -0.25) is 4.79 Å². The van der Waals surface area contributed by atoms with Crippen molar-refractivity contribution in [2.75, 3.05) is 0 Å². The van der Waals surface area contributed by atoms with Crippen molar-refractivity contribution in [2.45, 2.75) is 23.8 Å². The summed E-state index contributed by atoms with van der Waals surface area (Å²) in [6.07, 6.45) is 0.648. The van der Waals surface area contributed by atoms with E-state index in [1.165, 1.54) is 17.8 Å². The predicted octanol–water partition coefficient (Wildman–Crippen LogP) is 2.32. The van der Waals surface area contributed by atoms with Crippen molar-refractivity contribution in [3.8, 4) is 0 Å². The number of aryl methyl sites for hydroxylation is 1. The van der Waals surface area contributed by atoms with Crippen molar-refractivity contribution >= 4 is 29.3 Å². The fraction of sp³-hybridized carbons (Fsp3) is 0.308. The highest BCUT2D eigenvalue weighted by Gasteiger charge is 2.13. The van der Waals surface area contributed by atoms with Crippen molar-refractivity contribution in [1.82, 2.24) is 14.8 Å². The molecule has 2 rings (SSSR count). The molecule has 1 aromatic heterocycles. The number of rotatable bonds is 6. The number of benzene rings is 1. The van der Waals surface area contributed by atoms with Crippen LogP contribution in [0.5, 0.6) is 0 Å². The minimum atomic E-state index is -0.384. The van der Waals surface area contributed by atoms with E-state index in [1.54, 1.807) is 23.7 Å². The Morgan fingerprint density at radius 2 is 2.24 bits per heavy atom. The molecule has 1 heterocycles. The van der Waals surface area contributed by atoms with Gasteiger partial charge in [0.05, 0.1) is 0 Å². The number of carbonyl (C=O) groups is 1. The van der Waals surface area contributed by atoms with Crippen LogP contribution in [0.1, 0.15) is 17.8 Å². The molecular weight excluding hydrogens is 315 g/mol. The number of carbonyl (C=O) groups excluding carboxylic acids is 1. The van der Waals surface area contributed by atoms with Crippen LogP contribution in [0, 0.1) is 5.82 Å². The zero-order valence-electron chi connectivity index (χ0n) is 11.3. The molecule has 0 aliphatic heterocycles. The van der Waals surface area contributed by atoms with Crippen LogP contribution in [0.25, 0.3) is 0 Å². The Kier molecular flexibility index (Phi) is 5.19. The number of nitrogens with zero attached hydrogens (tertiary/aromatic N) is 3. The second-order valence-electron chi connectivity index (χ2n) is 4.41. The number of halogens is 2. The molecule has 0 saturated carbocycles. The lowest BCUT2D eigenvalue weighted by Crippen LogP contribution is -2.12. The second-order valence-corrected chi connectivity index (χ2v) is 5.76. The molecule has 0 spiro atoms. The van der Waals surface area contributed by atoms with Crippen LogP contribution in [-0.2, 0) is 24.0 Å². The molecular formula is C13H14ClFN4OS. The number of aromatic nitrogens is 3. The molecule has 0 aliphatic rings. The third-order valence-electron chi connectivity index (χ3n) is 2.93. The van der Waals surface area contributed by atoms with Crippen LogP contribution in [0.15, 0.2) is 23.4 Å². The summed E-state index contributed by atoms with van der Waals surface area (Å²) in [6.45, 7) is 0. The van der Waals surface area contributed by atoms with E-state index < -0.39 is 0 Å². The largest absolute Gasteiger partial charge is 0.370 e. The quantitative estimate of drug-likeness (QED) is 0.826. The third kappa shape index (κ3) is 3.95. The lowest BCUT2D eigenvalue weighted by molar-refractivity contribution is -0.118. The fourth-order valence-corrected chi connectivity index (χ4v) is 3.00. The SMILES string of the molecule is Cn1c(CCC(N)=O)nnc1SCc1c(F)cccc1Cl. The van der Waals surface area contributed by atoms with E-state index in [4.69, 9.17) is 17.3 Å². The van der Waals surface area contributed by atoms with Gasteiger partial charge in [-0.25, -0.2) is 4.39 Å². The first-order valence-corrected chi connectivity index (χ1v) is 7.57. The van der Waals surface area contributed by atoms with Gasteiger partial charge in [-0.2, -0.15) is 0 Å². The van der Waals surface area contributed by atoms with Crippen LogP contribution >= 0.6 is 23.4 Å². The van der Waals surface area contributed by atoms with E-state index in [1.807, 2.05) is 0 Å². The molecule has 0 radical (unpaired) electrons. The predicted molar refractivity (Wildman–Crippen MR) is 79.5 cm³/mol. The summed E-state index contributed by atoms with van der Waals surface area (Å²) in [5.74, 6) is 0.292. The molecule has 0 fully saturated rings. The first-order chi connectivity index (χ1) is 9.99. The summed E-state index contributed by atoms with van der Waals surface area (Å²) in [7, 11) is 1.79. The van der Waals surface area contributed by atoms with Gasteiger partial charge in [-0.15, -0.1) is 10.2 Å². The summed E-state index contributed by atoms with van der Waals surface area (Å²) in [4.78, 5) is 10.8. The Labute approximate surface area is 130 Å². The van der Waals surface area contributed by atoms with Crippen molar-refractivity contribution in [3.63, 3.8) is 0 Å². The number of amides is 1. The third-order valence-corrected chi connectivity index (χ3v) is 4.33. The number of nitrogens with two attached hydrogens (primary N) is 1. The normalized spacial score (nSPS) is 10.8. The minimum absolute atomic E-state index is 0.218. The van der Waals surface area contributed by atoms with Crippen LogP contribution in [0.4, 0.5) is 4.39 Å².